The van der Waals surface area contributed by atoms with Gasteiger partial charge in [0.1, 0.15) is 5.54 Å². The summed E-state index contributed by atoms with van der Waals surface area (Å²) in [6.07, 6.45) is 0.491. The van der Waals surface area contributed by atoms with Crippen molar-refractivity contribution in [2.24, 2.45) is 0 Å². The van der Waals surface area contributed by atoms with Gasteiger partial charge >= 0.3 is 5.97 Å². The first-order valence-electron chi connectivity index (χ1n) is 5.99. The number of carboxylic acids is 1. The number of aryl methyl sites for hydroxylation is 2. The first kappa shape index (κ1) is 15.2. The van der Waals surface area contributed by atoms with E-state index in [0.717, 1.165) is 15.9 Å². The lowest BCUT2D eigenvalue weighted by atomic mass is 9.98. The molecule has 0 aliphatic carbocycles. The van der Waals surface area contributed by atoms with Crippen LogP contribution in [0.1, 0.15) is 31.7 Å². The standard InChI is InChI=1S/C12H20BrN3O2/c1-5-14-12(4,11(17)18)6-7-16-9(3)10(13)8(2)15-16/h14H,5-7H2,1-4H3,(H,17,18). The lowest BCUT2D eigenvalue weighted by molar-refractivity contribution is -0.144. The predicted molar refractivity (Wildman–Crippen MR) is 73.7 cm³/mol. The Hall–Kier alpha value is -0.880. The van der Waals surface area contributed by atoms with E-state index in [2.05, 4.69) is 26.3 Å². The van der Waals surface area contributed by atoms with Gasteiger partial charge in [0.2, 0.25) is 0 Å². The number of likely N-dealkylation sites (N-methyl/N-ethyl adjacent to an activating group) is 1. The fraction of sp³-hybridized carbons (Fsp3) is 0.667. The molecule has 0 aliphatic heterocycles. The second-order valence-corrected chi connectivity index (χ2v) is 5.42. The minimum atomic E-state index is -0.909. The van der Waals surface area contributed by atoms with E-state index in [4.69, 9.17) is 0 Å². The van der Waals surface area contributed by atoms with Gasteiger partial charge in [-0.25, -0.2) is 0 Å². The largest absolute Gasteiger partial charge is 0.480 e. The fourth-order valence-corrected chi connectivity index (χ4v) is 2.17. The van der Waals surface area contributed by atoms with Crippen molar-refractivity contribution >= 4 is 21.9 Å². The molecule has 102 valence electrons. The van der Waals surface area contributed by atoms with Gasteiger partial charge in [-0.15, -0.1) is 0 Å². The van der Waals surface area contributed by atoms with Crippen LogP contribution in [0.3, 0.4) is 0 Å². The number of aliphatic carboxylic acids is 1. The van der Waals surface area contributed by atoms with E-state index in [-0.39, 0.29) is 0 Å². The van der Waals surface area contributed by atoms with Gasteiger partial charge in [-0.2, -0.15) is 5.10 Å². The summed E-state index contributed by atoms with van der Waals surface area (Å²) in [7, 11) is 0. The second-order valence-electron chi connectivity index (χ2n) is 4.63. The topological polar surface area (TPSA) is 67.2 Å². The van der Waals surface area contributed by atoms with Crippen molar-refractivity contribution in [1.82, 2.24) is 15.1 Å². The molecule has 0 saturated heterocycles. The van der Waals surface area contributed by atoms with Crippen LogP contribution >= 0.6 is 15.9 Å². The first-order chi connectivity index (χ1) is 8.31. The molecule has 1 unspecified atom stereocenters. The van der Waals surface area contributed by atoms with E-state index in [1.807, 2.05) is 25.5 Å². The highest BCUT2D eigenvalue weighted by Crippen LogP contribution is 2.21. The molecular formula is C12H20BrN3O2. The Bertz CT molecular complexity index is 445. The molecule has 1 atom stereocenters. The lowest BCUT2D eigenvalue weighted by Crippen LogP contribution is -2.50. The third kappa shape index (κ3) is 3.11. The van der Waals surface area contributed by atoms with Crippen LogP contribution in [0.4, 0.5) is 0 Å². The molecule has 0 aliphatic rings. The van der Waals surface area contributed by atoms with E-state index >= 15 is 0 Å². The summed E-state index contributed by atoms with van der Waals surface area (Å²) in [6, 6.07) is 0. The van der Waals surface area contributed by atoms with Gasteiger partial charge in [-0.05, 0) is 49.7 Å². The van der Waals surface area contributed by atoms with Crippen LogP contribution in [0, 0.1) is 13.8 Å². The molecule has 1 aromatic heterocycles. The van der Waals surface area contributed by atoms with E-state index in [1.54, 1.807) is 6.92 Å². The van der Waals surface area contributed by atoms with Gasteiger partial charge in [0, 0.05) is 12.2 Å². The van der Waals surface area contributed by atoms with E-state index < -0.39 is 11.5 Å². The number of carbonyl (C=O) groups is 1. The third-order valence-corrected chi connectivity index (χ3v) is 4.30. The maximum atomic E-state index is 11.3. The molecule has 0 saturated carbocycles. The number of rotatable bonds is 6. The van der Waals surface area contributed by atoms with E-state index in [0.29, 0.717) is 19.5 Å². The average molecular weight is 318 g/mol. The van der Waals surface area contributed by atoms with Crippen molar-refractivity contribution in [3.63, 3.8) is 0 Å². The highest BCUT2D eigenvalue weighted by molar-refractivity contribution is 9.10. The monoisotopic (exact) mass is 317 g/mol. The highest BCUT2D eigenvalue weighted by atomic mass is 79.9. The molecule has 1 rings (SSSR count). The summed E-state index contributed by atoms with van der Waals surface area (Å²) in [5.74, 6) is -0.829. The minimum absolute atomic E-state index is 0.491. The first-order valence-corrected chi connectivity index (χ1v) is 6.79. The van der Waals surface area contributed by atoms with Crippen LogP contribution in [-0.2, 0) is 11.3 Å². The van der Waals surface area contributed by atoms with Crippen molar-refractivity contribution in [2.45, 2.75) is 46.2 Å². The lowest BCUT2D eigenvalue weighted by Gasteiger charge is -2.25. The summed E-state index contributed by atoms with van der Waals surface area (Å²) in [5, 5.41) is 16.7. The summed E-state index contributed by atoms with van der Waals surface area (Å²) in [4.78, 5) is 11.3. The molecule has 18 heavy (non-hydrogen) atoms. The molecule has 1 heterocycles. The highest BCUT2D eigenvalue weighted by Gasteiger charge is 2.31. The zero-order valence-electron chi connectivity index (χ0n) is 11.2. The molecular weight excluding hydrogens is 298 g/mol. The molecule has 0 radical (unpaired) electrons. The van der Waals surface area contributed by atoms with Crippen LogP contribution in [0.5, 0.6) is 0 Å². The zero-order valence-corrected chi connectivity index (χ0v) is 12.8. The molecule has 2 N–H and O–H groups in total. The van der Waals surface area contributed by atoms with Crippen LogP contribution in [0.25, 0.3) is 0 Å². The maximum Gasteiger partial charge on any atom is 0.323 e. The van der Waals surface area contributed by atoms with Crippen LogP contribution in [0.15, 0.2) is 4.47 Å². The van der Waals surface area contributed by atoms with Crippen molar-refractivity contribution in [3.05, 3.63) is 15.9 Å². The van der Waals surface area contributed by atoms with Crippen molar-refractivity contribution < 1.29 is 9.90 Å². The van der Waals surface area contributed by atoms with E-state index in [9.17, 15) is 9.90 Å². The molecule has 5 nitrogen and oxygen atoms in total. The van der Waals surface area contributed by atoms with Gasteiger partial charge in [0.15, 0.2) is 0 Å². The van der Waals surface area contributed by atoms with Gasteiger partial charge in [-0.3, -0.25) is 9.48 Å². The minimum Gasteiger partial charge on any atom is -0.480 e. The van der Waals surface area contributed by atoms with Crippen LogP contribution in [-0.4, -0.2) is 32.9 Å². The molecule has 0 aromatic carbocycles. The number of halogens is 1. The SMILES string of the molecule is CCNC(C)(CCn1nc(C)c(Br)c1C)C(=O)O. The number of nitrogens with zero attached hydrogens (tertiary/aromatic N) is 2. The molecule has 0 amide bonds. The number of nitrogens with one attached hydrogen (secondary N) is 1. The normalized spacial score (nSPS) is 14.5. The molecule has 1 aromatic rings. The molecule has 0 bridgehead atoms. The summed E-state index contributed by atoms with van der Waals surface area (Å²) < 4.78 is 2.83. The number of hydrogen-bond donors (Lipinski definition) is 2. The number of carboxylic acid groups (broad SMARTS) is 1. The Kier molecular flexibility index (Phi) is 4.92. The average Bonchev–Trinajstić information content (AvgIpc) is 2.54. The Labute approximate surface area is 116 Å². The van der Waals surface area contributed by atoms with Crippen LogP contribution < -0.4 is 5.32 Å². The quantitative estimate of drug-likeness (QED) is 0.843. The van der Waals surface area contributed by atoms with Gasteiger partial charge in [-0.1, -0.05) is 6.92 Å². The molecule has 0 spiro atoms. The Morgan fingerprint density at radius 1 is 1.56 bits per heavy atom. The van der Waals surface area contributed by atoms with Gasteiger partial charge < -0.3 is 10.4 Å². The second kappa shape index (κ2) is 5.84. The number of hydrogen-bond acceptors (Lipinski definition) is 3. The summed E-state index contributed by atoms with van der Waals surface area (Å²) >= 11 is 3.46. The van der Waals surface area contributed by atoms with E-state index in [1.165, 1.54) is 0 Å². The molecule has 0 fully saturated rings. The van der Waals surface area contributed by atoms with Gasteiger partial charge in [0.25, 0.3) is 0 Å². The number of aromatic nitrogens is 2. The van der Waals surface area contributed by atoms with Gasteiger partial charge in [0.05, 0.1) is 10.2 Å². The van der Waals surface area contributed by atoms with Crippen molar-refractivity contribution in [3.8, 4) is 0 Å². The van der Waals surface area contributed by atoms with Crippen molar-refractivity contribution in [2.75, 3.05) is 6.54 Å². The van der Waals surface area contributed by atoms with Crippen LogP contribution in [0.2, 0.25) is 0 Å². The Balaban J connectivity index is 2.79. The fourth-order valence-electron chi connectivity index (χ4n) is 1.88. The maximum absolute atomic E-state index is 11.3. The smallest absolute Gasteiger partial charge is 0.323 e. The Morgan fingerprint density at radius 2 is 2.17 bits per heavy atom. The zero-order chi connectivity index (χ0) is 13.9. The third-order valence-electron chi connectivity index (χ3n) is 3.16. The predicted octanol–water partition coefficient (Wildman–Crippen LogP) is 2.11. The summed E-state index contributed by atoms with van der Waals surface area (Å²) in [6.45, 7) is 8.71. The summed E-state index contributed by atoms with van der Waals surface area (Å²) in [5.41, 5.74) is 1.04. The molecule has 6 heteroatoms. The van der Waals surface area contributed by atoms with Crippen molar-refractivity contribution in [1.29, 1.82) is 0 Å². The Morgan fingerprint density at radius 3 is 2.56 bits per heavy atom.